The smallest absolute Gasteiger partial charge is 0.356 e. The van der Waals surface area contributed by atoms with Gasteiger partial charge in [0.05, 0.1) is 11.9 Å². The van der Waals surface area contributed by atoms with E-state index in [1.807, 2.05) is 13.8 Å². The number of carboxylic acid groups (broad SMARTS) is 1. The van der Waals surface area contributed by atoms with Gasteiger partial charge in [0.25, 0.3) is 0 Å². The molecule has 0 spiro atoms. The standard InChI is InChI=1S/C15H26N4O2/c1-10(2)14-17-9-12(13(18-14)15(20)21)16-7-6-8-19(5)11(3)4/h9-11,16H,6-8H2,1-5H3,(H,20,21). The first-order valence-corrected chi connectivity index (χ1v) is 7.37. The van der Waals surface area contributed by atoms with Gasteiger partial charge in [0.2, 0.25) is 0 Å². The van der Waals surface area contributed by atoms with Crippen molar-refractivity contribution in [3.05, 3.63) is 17.7 Å². The third kappa shape index (κ3) is 5.30. The first-order chi connectivity index (χ1) is 9.82. The first-order valence-electron chi connectivity index (χ1n) is 7.37. The van der Waals surface area contributed by atoms with Gasteiger partial charge in [-0.1, -0.05) is 13.8 Å². The minimum Gasteiger partial charge on any atom is -0.476 e. The summed E-state index contributed by atoms with van der Waals surface area (Å²) in [5.41, 5.74) is 0.532. The maximum absolute atomic E-state index is 11.3. The van der Waals surface area contributed by atoms with Gasteiger partial charge in [-0.05, 0) is 33.9 Å². The van der Waals surface area contributed by atoms with E-state index in [1.165, 1.54) is 0 Å². The number of aromatic nitrogens is 2. The van der Waals surface area contributed by atoms with Crippen molar-refractivity contribution in [2.75, 3.05) is 25.5 Å². The van der Waals surface area contributed by atoms with E-state index in [4.69, 9.17) is 0 Å². The minimum atomic E-state index is -1.03. The molecular weight excluding hydrogens is 268 g/mol. The van der Waals surface area contributed by atoms with Gasteiger partial charge in [0.1, 0.15) is 5.82 Å². The molecule has 0 aromatic carbocycles. The van der Waals surface area contributed by atoms with E-state index in [1.54, 1.807) is 6.20 Å². The van der Waals surface area contributed by atoms with Gasteiger partial charge in [-0.3, -0.25) is 0 Å². The van der Waals surface area contributed by atoms with Crippen molar-refractivity contribution in [1.29, 1.82) is 0 Å². The molecule has 118 valence electrons. The maximum atomic E-state index is 11.3. The Labute approximate surface area is 126 Å². The monoisotopic (exact) mass is 294 g/mol. The summed E-state index contributed by atoms with van der Waals surface area (Å²) in [5, 5.41) is 12.4. The van der Waals surface area contributed by atoms with Gasteiger partial charge in [-0.15, -0.1) is 0 Å². The zero-order valence-electron chi connectivity index (χ0n) is 13.6. The molecule has 1 aromatic rings. The summed E-state index contributed by atoms with van der Waals surface area (Å²) < 4.78 is 0. The molecule has 1 heterocycles. The lowest BCUT2D eigenvalue weighted by molar-refractivity contribution is 0.0691. The Morgan fingerprint density at radius 1 is 1.38 bits per heavy atom. The Kier molecular flexibility index (Phi) is 6.55. The van der Waals surface area contributed by atoms with Crippen molar-refractivity contribution in [2.24, 2.45) is 0 Å². The normalized spacial score (nSPS) is 11.4. The van der Waals surface area contributed by atoms with Crippen LogP contribution in [-0.4, -0.2) is 52.1 Å². The molecule has 0 saturated carbocycles. The van der Waals surface area contributed by atoms with Gasteiger partial charge in [0.15, 0.2) is 5.69 Å². The summed E-state index contributed by atoms with van der Waals surface area (Å²) >= 11 is 0. The quantitative estimate of drug-likeness (QED) is 0.717. The van der Waals surface area contributed by atoms with E-state index in [2.05, 4.69) is 41.1 Å². The number of hydrogen-bond donors (Lipinski definition) is 2. The van der Waals surface area contributed by atoms with Crippen LogP contribution in [0.2, 0.25) is 0 Å². The van der Waals surface area contributed by atoms with Crippen LogP contribution in [0.1, 0.15) is 56.3 Å². The van der Waals surface area contributed by atoms with Crippen LogP contribution in [0.3, 0.4) is 0 Å². The highest BCUT2D eigenvalue weighted by atomic mass is 16.4. The van der Waals surface area contributed by atoms with Crippen LogP contribution in [0.15, 0.2) is 6.20 Å². The lowest BCUT2D eigenvalue weighted by Gasteiger charge is -2.21. The molecule has 6 heteroatoms. The summed E-state index contributed by atoms with van der Waals surface area (Å²) in [7, 11) is 2.08. The van der Waals surface area contributed by atoms with Crippen molar-refractivity contribution >= 4 is 11.7 Å². The van der Waals surface area contributed by atoms with Crippen LogP contribution in [0.25, 0.3) is 0 Å². The molecule has 1 aromatic heterocycles. The van der Waals surface area contributed by atoms with Gasteiger partial charge in [0, 0.05) is 18.5 Å². The number of anilines is 1. The van der Waals surface area contributed by atoms with E-state index in [0.29, 0.717) is 24.1 Å². The third-order valence-electron chi connectivity index (χ3n) is 3.41. The second-order valence-electron chi connectivity index (χ2n) is 5.81. The fourth-order valence-corrected chi connectivity index (χ4v) is 1.78. The second-order valence-corrected chi connectivity index (χ2v) is 5.81. The Bertz CT molecular complexity index is 475. The number of nitrogens with one attached hydrogen (secondary N) is 1. The Balaban J connectivity index is 2.64. The molecule has 0 aliphatic heterocycles. The number of rotatable bonds is 8. The van der Waals surface area contributed by atoms with Crippen LogP contribution < -0.4 is 5.32 Å². The molecule has 0 bridgehead atoms. The van der Waals surface area contributed by atoms with Gasteiger partial charge >= 0.3 is 5.97 Å². The minimum absolute atomic E-state index is 0.0471. The zero-order valence-corrected chi connectivity index (χ0v) is 13.6. The van der Waals surface area contributed by atoms with E-state index in [0.717, 1.165) is 13.0 Å². The van der Waals surface area contributed by atoms with Gasteiger partial charge < -0.3 is 15.3 Å². The molecule has 2 N–H and O–H groups in total. The van der Waals surface area contributed by atoms with Gasteiger partial charge in [-0.2, -0.15) is 0 Å². The molecule has 0 aliphatic rings. The average Bonchev–Trinajstić information content (AvgIpc) is 2.42. The van der Waals surface area contributed by atoms with Crippen LogP contribution in [0, 0.1) is 0 Å². The summed E-state index contributed by atoms with van der Waals surface area (Å²) in [4.78, 5) is 21.9. The van der Waals surface area contributed by atoms with Crippen molar-refractivity contribution < 1.29 is 9.90 Å². The maximum Gasteiger partial charge on any atom is 0.356 e. The Morgan fingerprint density at radius 2 is 2.05 bits per heavy atom. The summed E-state index contributed by atoms with van der Waals surface area (Å²) in [5.74, 6) is -0.365. The molecule has 0 aliphatic carbocycles. The van der Waals surface area contributed by atoms with E-state index < -0.39 is 5.97 Å². The van der Waals surface area contributed by atoms with E-state index in [-0.39, 0.29) is 11.6 Å². The number of nitrogens with zero attached hydrogens (tertiary/aromatic N) is 3. The van der Waals surface area contributed by atoms with E-state index >= 15 is 0 Å². The van der Waals surface area contributed by atoms with Crippen LogP contribution in [0.4, 0.5) is 5.69 Å². The third-order valence-corrected chi connectivity index (χ3v) is 3.41. The number of hydrogen-bond acceptors (Lipinski definition) is 5. The molecular formula is C15H26N4O2. The molecule has 0 unspecified atom stereocenters. The summed E-state index contributed by atoms with van der Waals surface area (Å²) in [6, 6.07) is 0.508. The number of aromatic carboxylic acids is 1. The van der Waals surface area contributed by atoms with Gasteiger partial charge in [-0.25, -0.2) is 14.8 Å². The molecule has 0 amide bonds. The Morgan fingerprint density at radius 3 is 2.57 bits per heavy atom. The Hall–Kier alpha value is -1.69. The number of carbonyl (C=O) groups is 1. The van der Waals surface area contributed by atoms with Crippen molar-refractivity contribution in [1.82, 2.24) is 14.9 Å². The van der Waals surface area contributed by atoms with Crippen LogP contribution in [-0.2, 0) is 0 Å². The lowest BCUT2D eigenvalue weighted by atomic mass is 10.2. The van der Waals surface area contributed by atoms with Crippen molar-refractivity contribution in [2.45, 2.75) is 46.1 Å². The summed E-state index contributed by atoms with van der Waals surface area (Å²) in [6.07, 6.45) is 2.50. The van der Waals surface area contributed by atoms with Crippen molar-refractivity contribution in [3.63, 3.8) is 0 Å². The molecule has 0 radical (unpaired) electrons. The van der Waals surface area contributed by atoms with Crippen LogP contribution >= 0.6 is 0 Å². The molecule has 21 heavy (non-hydrogen) atoms. The number of carboxylic acids is 1. The van der Waals surface area contributed by atoms with E-state index in [9.17, 15) is 9.90 Å². The lowest BCUT2D eigenvalue weighted by Crippen LogP contribution is -2.28. The second kappa shape index (κ2) is 7.93. The highest BCUT2D eigenvalue weighted by Crippen LogP contribution is 2.16. The fourth-order valence-electron chi connectivity index (χ4n) is 1.78. The summed E-state index contributed by atoms with van der Waals surface area (Å²) in [6.45, 7) is 9.83. The van der Waals surface area contributed by atoms with Crippen molar-refractivity contribution in [3.8, 4) is 0 Å². The van der Waals surface area contributed by atoms with Crippen LogP contribution in [0.5, 0.6) is 0 Å². The topological polar surface area (TPSA) is 78.4 Å². The molecule has 1 rings (SSSR count). The first kappa shape index (κ1) is 17.4. The predicted octanol–water partition coefficient (Wildman–Crippen LogP) is 2.44. The zero-order chi connectivity index (χ0) is 16.0. The SMILES string of the molecule is CC(C)c1ncc(NCCCN(C)C(C)C)c(C(=O)O)n1. The largest absolute Gasteiger partial charge is 0.476 e. The molecule has 0 atom stereocenters. The highest BCUT2D eigenvalue weighted by Gasteiger charge is 2.15. The molecule has 0 fully saturated rings. The molecule has 0 saturated heterocycles. The highest BCUT2D eigenvalue weighted by molar-refractivity contribution is 5.91. The predicted molar refractivity (Wildman–Crippen MR) is 84.0 cm³/mol. The average molecular weight is 294 g/mol. The molecule has 6 nitrogen and oxygen atoms in total. The fraction of sp³-hybridized carbons (Fsp3) is 0.667.